The van der Waals surface area contributed by atoms with Crippen molar-refractivity contribution < 1.29 is 136 Å². The number of nitrogens with two attached hydrogens (primary N) is 1. The number of amides is 4. The summed E-state index contributed by atoms with van der Waals surface area (Å²) in [6.07, 6.45) is 7.10. The van der Waals surface area contributed by atoms with E-state index in [-0.39, 0.29) is 82.4 Å². The van der Waals surface area contributed by atoms with Gasteiger partial charge in [0.05, 0.1) is 70.4 Å². The number of hydrogen-bond acceptors (Lipinski definition) is 29. The number of ketones is 4. The number of nitrogens with zero attached hydrogens (tertiary/aromatic N) is 1. The largest absolute Gasteiger partial charge is 0.471 e. The topological polar surface area (TPSA) is 516 Å². The van der Waals surface area contributed by atoms with Gasteiger partial charge >= 0.3 is 7.82 Å². The molecule has 0 spiro atoms. The zero-order valence-corrected chi connectivity index (χ0v) is 71.1. The molecule has 3 aliphatic rings. The van der Waals surface area contributed by atoms with Crippen molar-refractivity contribution in [1.29, 1.82) is 0 Å². The first kappa shape index (κ1) is 112. The minimum atomic E-state index is -3.75. The molecular weight excluding hydrogens is 1540 g/mol. The molecule has 0 radical (unpaired) electrons. The molecule has 35 heteroatoms. The van der Waals surface area contributed by atoms with Crippen molar-refractivity contribution in [3.05, 3.63) is 0 Å². The molecule has 3 saturated heterocycles. The van der Waals surface area contributed by atoms with E-state index in [9.17, 15) is 88.9 Å². The number of hydrogen-bond donors (Lipinski definition) is 15. The highest BCUT2D eigenvalue weighted by Crippen LogP contribution is 2.42. The number of aliphatic hydroxyl groups excluding tert-OH is 9. The SMILES string of the molecule is C.CC.COCCCCCCCC(=O)CCCC(=O)CCCCCC(C(=O)NCC(=O)NCCCCCCO[C@@H]1OC(CO)[C@H](O)[C@H](O)C1C)N(CC(=O)CCC(=O)NCCCCCCO[C@@H]1OC(CO)[C@H](O)[C@H](O)C1C)CC(=O)CCC(=O)NCCCCCCO[C@@H]1OC(CO)[C@H](O)[C@H](O)C1C.COP(=O)(O)OCCCCCCN. The van der Waals surface area contributed by atoms with Gasteiger partial charge in [0, 0.05) is 129 Å². The molecule has 3 rings (SSSR count). The Morgan fingerprint density at radius 3 is 1.13 bits per heavy atom. The van der Waals surface area contributed by atoms with Crippen LogP contribution in [-0.4, -0.2) is 295 Å². The molecule has 4 amide bonds. The number of phosphoric acid groups is 1. The molecule has 0 saturated carbocycles. The van der Waals surface area contributed by atoms with Gasteiger partial charge in [-0.2, -0.15) is 0 Å². The van der Waals surface area contributed by atoms with Crippen LogP contribution >= 0.6 is 7.82 Å². The second kappa shape index (κ2) is 69.5. The number of ether oxygens (including phenoxy) is 7. The van der Waals surface area contributed by atoms with E-state index in [0.717, 1.165) is 110 Å². The second-order valence-corrected chi connectivity index (χ2v) is 31.6. The van der Waals surface area contributed by atoms with Gasteiger partial charge < -0.3 is 111 Å². The Hall–Kier alpha value is -4.05. The van der Waals surface area contributed by atoms with Crippen LogP contribution in [0.4, 0.5) is 0 Å². The van der Waals surface area contributed by atoms with Crippen LogP contribution in [0.2, 0.25) is 0 Å². The summed E-state index contributed by atoms with van der Waals surface area (Å²) in [6.45, 7) is 9.98. The molecule has 17 atom stereocenters. The van der Waals surface area contributed by atoms with Gasteiger partial charge in [0.25, 0.3) is 0 Å². The van der Waals surface area contributed by atoms with Crippen LogP contribution in [0.5, 0.6) is 0 Å². The van der Waals surface area contributed by atoms with Crippen LogP contribution in [0.25, 0.3) is 0 Å². The fourth-order valence-corrected chi connectivity index (χ4v) is 13.6. The summed E-state index contributed by atoms with van der Waals surface area (Å²) in [5.41, 5.74) is 5.30. The lowest BCUT2D eigenvalue weighted by Crippen LogP contribution is -2.55. The van der Waals surface area contributed by atoms with E-state index < -0.39 is 168 Å². The van der Waals surface area contributed by atoms with Crippen molar-refractivity contribution >= 4 is 54.6 Å². The maximum atomic E-state index is 14.4. The average Bonchev–Trinajstić information content (AvgIpc) is 0.831. The molecule has 3 fully saturated rings. The number of carbonyl (C=O) groups excluding carboxylic acids is 8. The lowest BCUT2D eigenvalue weighted by atomic mass is 9.92. The highest BCUT2D eigenvalue weighted by molar-refractivity contribution is 7.47. The van der Waals surface area contributed by atoms with Gasteiger partial charge in [-0.15, -0.1) is 0 Å². The first-order valence-corrected chi connectivity index (χ1v) is 44.0. The maximum Gasteiger partial charge on any atom is 0.471 e. The van der Waals surface area contributed by atoms with Crippen molar-refractivity contribution in [3.8, 4) is 0 Å². The number of methoxy groups -OCH3 is 1. The fourth-order valence-electron chi connectivity index (χ4n) is 13.2. The third kappa shape index (κ3) is 50.4. The summed E-state index contributed by atoms with van der Waals surface area (Å²) in [6, 6.07) is -1.12. The first-order valence-electron chi connectivity index (χ1n) is 42.5. The molecule has 0 aromatic heterocycles. The standard InChI is InChI=1S/C71H127N5O24.C7H18NO4P.C2H6.CH4/c1-48-62(87)65(90)56(45-77)98-69(48)95-39-22-11-7-18-35-72-59(84)33-31-53(82)43-76(44-54(83)32-34-60(85)73-36-19-8-12-23-40-96-70-49(2)63(88)66(91)57(46-78)99-70)55(30-17-14-16-27-52(81)29-25-28-51(80)26-15-6-5-10-21-38-94-4)68(93)75-42-61(86)74-37-20-9-13-24-41-97-71-50(3)64(89)67(92)58(47-79)100-71;1-11-13(9,10)12-7-5-3-2-4-6-8;1-2;/h48-50,55-58,62-67,69-71,77-79,87-92H,5-47H2,1-4H3,(H,72,84)(H,73,85)(H,74,86)(H,75,93);2-8H2,1H3,(H,9,10);1-2H3;1H4/t48?,49?,50?,55?,56?,57?,58?,62-,63-,64-,65+,66+,67+,69-,70-,71-;;;/m1.../s1. The number of rotatable bonds is 67. The predicted octanol–water partition coefficient (Wildman–Crippen LogP) is 4.95. The summed E-state index contributed by atoms with van der Waals surface area (Å²) in [5.74, 6) is -4.10. The Morgan fingerprint density at radius 2 is 0.750 bits per heavy atom. The minimum absolute atomic E-state index is 0. The minimum Gasteiger partial charge on any atom is -0.394 e. The molecule has 0 bridgehead atoms. The molecule has 8 unspecified atom stereocenters. The van der Waals surface area contributed by atoms with E-state index in [1.165, 1.54) is 4.90 Å². The quantitative estimate of drug-likeness (QED) is 0.0283. The third-order valence-electron chi connectivity index (χ3n) is 20.5. The molecule has 34 nitrogen and oxygen atoms in total. The van der Waals surface area contributed by atoms with Crippen molar-refractivity contribution in [3.63, 3.8) is 0 Å². The number of carbonyl (C=O) groups is 8. The van der Waals surface area contributed by atoms with Crippen LogP contribution in [0.3, 0.4) is 0 Å². The molecule has 16 N–H and O–H groups in total. The summed E-state index contributed by atoms with van der Waals surface area (Å²) < 4.78 is 59.0. The van der Waals surface area contributed by atoms with E-state index in [0.29, 0.717) is 123 Å². The zero-order valence-electron chi connectivity index (χ0n) is 70.2. The summed E-state index contributed by atoms with van der Waals surface area (Å²) in [7, 11) is -0.929. The Labute approximate surface area is 690 Å². The molecule has 0 aliphatic carbocycles. The van der Waals surface area contributed by atoms with Crippen molar-refractivity contribution in [2.75, 3.05) is 113 Å². The smallest absolute Gasteiger partial charge is 0.394 e. The molecule has 0 aromatic rings. The molecule has 116 heavy (non-hydrogen) atoms. The van der Waals surface area contributed by atoms with Crippen LogP contribution in [0, 0.1) is 17.8 Å². The Morgan fingerprint density at radius 1 is 0.414 bits per heavy atom. The predicted molar refractivity (Wildman–Crippen MR) is 435 cm³/mol. The Kier molecular flexibility index (Phi) is 67.0. The van der Waals surface area contributed by atoms with Crippen molar-refractivity contribution in [1.82, 2.24) is 26.2 Å². The lowest BCUT2D eigenvalue weighted by molar-refractivity contribution is -0.282. The third-order valence-corrected chi connectivity index (χ3v) is 21.5. The maximum absolute atomic E-state index is 14.4. The van der Waals surface area contributed by atoms with E-state index in [1.54, 1.807) is 27.9 Å². The van der Waals surface area contributed by atoms with E-state index >= 15 is 0 Å². The Balaban J connectivity index is 0.00000748. The van der Waals surface area contributed by atoms with Crippen molar-refractivity contribution in [2.24, 2.45) is 23.5 Å². The van der Waals surface area contributed by atoms with Gasteiger partial charge in [0.1, 0.15) is 59.8 Å². The monoisotopic (exact) mass is 1690 g/mol. The van der Waals surface area contributed by atoms with E-state index in [2.05, 4.69) is 30.3 Å². The van der Waals surface area contributed by atoms with Crippen LogP contribution in [0.1, 0.15) is 260 Å². The summed E-state index contributed by atoms with van der Waals surface area (Å²) in [5, 5.41) is 101. The molecule has 0 aromatic carbocycles. The molecule has 682 valence electrons. The van der Waals surface area contributed by atoms with Crippen LogP contribution in [-0.2, 0) is 85.1 Å². The zero-order chi connectivity index (χ0) is 85.8. The second-order valence-electron chi connectivity index (χ2n) is 30.0. The Bertz CT molecular complexity index is 2540. The summed E-state index contributed by atoms with van der Waals surface area (Å²) in [4.78, 5) is 117. The van der Waals surface area contributed by atoms with Gasteiger partial charge in [-0.1, -0.05) is 126 Å². The highest BCUT2D eigenvalue weighted by atomic mass is 31.2. The van der Waals surface area contributed by atoms with Crippen molar-refractivity contribution in [2.45, 2.75) is 340 Å². The lowest BCUT2D eigenvalue weighted by Gasteiger charge is -2.40. The molecular formula is C81H155N6O28P. The number of nitrogens with one attached hydrogen (secondary N) is 4. The van der Waals surface area contributed by atoms with Gasteiger partial charge in [-0.05, 0) is 90.0 Å². The normalized spacial score (nSPS) is 23.9. The van der Waals surface area contributed by atoms with Gasteiger partial charge in [0.2, 0.25) is 23.6 Å². The number of Topliss-reactive ketones (excluding diaryl/α,β-unsaturated/α-hetero) is 4. The molecule has 3 aliphatic heterocycles. The van der Waals surface area contributed by atoms with E-state index in [4.69, 9.17) is 43.8 Å². The van der Waals surface area contributed by atoms with Crippen LogP contribution < -0.4 is 27.0 Å². The number of unbranched alkanes of at least 4 members (excludes halogenated alkanes) is 18. The number of aliphatic hydroxyl groups is 9. The number of phosphoric ester groups is 1. The van der Waals surface area contributed by atoms with Gasteiger partial charge in [-0.25, -0.2) is 4.57 Å². The van der Waals surface area contributed by atoms with Gasteiger partial charge in [-0.3, -0.25) is 52.3 Å². The summed E-state index contributed by atoms with van der Waals surface area (Å²) >= 11 is 0. The highest BCUT2D eigenvalue weighted by Gasteiger charge is 2.45. The molecule has 3 heterocycles. The van der Waals surface area contributed by atoms with Crippen LogP contribution in [0.15, 0.2) is 0 Å². The fraction of sp³-hybridized carbons (Fsp3) is 0.901. The van der Waals surface area contributed by atoms with Gasteiger partial charge in [0.15, 0.2) is 18.9 Å². The average molecular weight is 1690 g/mol. The first-order chi connectivity index (χ1) is 55.2. The van der Waals surface area contributed by atoms with E-state index in [1.807, 2.05) is 13.8 Å².